The molecule has 8 nitrogen and oxygen atoms in total. The number of likely N-dealkylation sites (tertiary alicyclic amines) is 1. The molecule has 6 rings (SSSR count). The first kappa shape index (κ1) is 28.1. The van der Waals surface area contributed by atoms with Crippen LogP contribution in [-0.4, -0.2) is 56.3 Å². The summed E-state index contributed by atoms with van der Waals surface area (Å²) in [5.74, 6) is 0.558. The lowest BCUT2D eigenvalue weighted by molar-refractivity contribution is 0.0192. The number of nitrogens with zero attached hydrogens (tertiary/aromatic N) is 4. The van der Waals surface area contributed by atoms with Gasteiger partial charge in [0.1, 0.15) is 18.0 Å². The Morgan fingerprint density at radius 1 is 1.02 bits per heavy atom. The molecule has 1 fully saturated rings. The standard InChI is InChI=1S/C34H40N4O4/c1-34(2,3)42-33(40)38-16-8-11-26(38)21-36-17-15-30-29(22-36)28-13-12-25(19-31(28)35(30)4)37-18-14-27(20-32(37)39)41-23-24-9-6-5-7-10-24/h5-7,9-10,12-14,18-20,26H,8,11,15-17,21-23H2,1-4H3/t26-/m1/s1. The number of amides is 1. The number of carbonyl (C=O) groups excluding carboxylic acids is 1. The van der Waals surface area contributed by atoms with Gasteiger partial charge < -0.3 is 18.9 Å². The Morgan fingerprint density at radius 2 is 1.83 bits per heavy atom. The predicted octanol–water partition coefficient (Wildman–Crippen LogP) is 5.67. The topological polar surface area (TPSA) is 68.9 Å². The largest absolute Gasteiger partial charge is 0.489 e. The van der Waals surface area contributed by atoms with Crippen LogP contribution >= 0.6 is 0 Å². The number of hydrogen-bond donors (Lipinski definition) is 0. The minimum atomic E-state index is -0.491. The molecule has 2 aromatic heterocycles. The number of aryl methyl sites for hydroxylation is 1. The van der Waals surface area contributed by atoms with E-state index in [1.807, 2.05) is 68.1 Å². The van der Waals surface area contributed by atoms with Gasteiger partial charge in [0.2, 0.25) is 0 Å². The molecule has 2 aliphatic heterocycles. The van der Waals surface area contributed by atoms with Gasteiger partial charge in [-0.15, -0.1) is 0 Å². The number of aromatic nitrogens is 2. The quantitative estimate of drug-likeness (QED) is 0.300. The van der Waals surface area contributed by atoms with Crippen LogP contribution in [0, 0.1) is 0 Å². The maximum Gasteiger partial charge on any atom is 0.410 e. The van der Waals surface area contributed by atoms with Crippen molar-refractivity contribution >= 4 is 17.0 Å². The minimum Gasteiger partial charge on any atom is -0.489 e. The van der Waals surface area contributed by atoms with Crippen molar-refractivity contribution in [1.29, 1.82) is 0 Å². The third-order valence-corrected chi connectivity index (χ3v) is 8.36. The molecule has 0 bridgehead atoms. The molecule has 1 saturated heterocycles. The first-order valence-electron chi connectivity index (χ1n) is 14.9. The van der Waals surface area contributed by atoms with E-state index >= 15 is 0 Å². The molecular weight excluding hydrogens is 528 g/mol. The zero-order valence-corrected chi connectivity index (χ0v) is 25.0. The Balaban J connectivity index is 1.18. The van der Waals surface area contributed by atoms with Gasteiger partial charge in [-0.3, -0.25) is 14.3 Å². The normalized spacial score (nSPS) is 17.4. The van der Waals surface area contributed by atoms with Gasteiger partial charge in [0, 0.05) is 69.0 Å². The van der Waals surface area contributed by atoms with Gasteiger partial charge in [-0.25, -0.2) is 4.79 Å². The number of hydrogen-bond acceptors (Lipinski definition) is 5. The van der Waals surface area contributed by atoms with Gasteiger partial charge in [-0.2, -0.15) is 0 Å². The van der Waals surface area contributed by atoms with E-state index in [2.05, 4.69) is 28.6 Å². The molecule has 0 N–H and O–H groups in total. The van der Waals surface area contributed by atoms with Crippen LogP contribution in [0.2, 0.25) is 0 Å². The maximum atomic E-state index is 13.1. The van der Waals surface area contributed by atoms with Crippen LogP contribution in [0.5, 0.6) is 5.75 Å². The summed E-state index contributed by atoms with van der Waals surface area (Å²) in [6.45, 7) is 9.58. The highest BCUT2D eigenvalue weighted by Gasteiger charge is 2.34. The van der Waals surface area contributed by atoms with Crippen molar-refractivity contribution in [2.75, 3.05) is 19.6 Å². The first-order chi connectivity index (χ1) is 20.2. The van der Waals surface area contributed by atoms with Gasteiger partial charge >= 0.3 is 6.09 Å². The zero-order valence-electron chi connectivity index (χ0n) is 25.0. The van der Waals surface area contributed by atoms with Crippen LogP contribution in [0.3, 0.4) is 0 Å². The fraction of sp³-hybridized carbons (Fsp3) is 0.412. The fourth-order valence-corrected chi connectivity index (χ4v) is 6.31. The number of rotatable bonds is 6. The van der Waals surface area contributed by atoms with Crippen LogP contribution in [0.1, 0.15) is 50.4 Å². The molecule has 8 heteroatoms. The Hall–Kier alpha value is -4.04. The number of pyridine rings is 1. The third kappa shape index (κ3) is 5.81. The summed E-state index contributed by atoms with van der Waals surface area (Å²) >= 11 is 0. The van der Waals surface area contributed by atoms with Gasteiger partial charge in [-0.1, -0.05) is 36.4 Å². The maximum absolute atomic E-state index is 13.1. The van der Waals surface area contributed by atoms with E-state index in [-0.39, 0.29) is 17.7 Å². The second kappa shape index (κ2) is 11.3. The van der Waals surface area contributed by atoms with Gasteiger partial charge in [0.25, 0.3) is 5.56 Å². The fourth-order valence-electron chi connectivity index (χ4n) is 6.31. The van der Waals surface area contributed by atoms with Crippen molar-refractivity contribution in [2.24, 2.45) is 7.05 Å². The lowest BCUT2D eigenvalue weighted by Gasteiger charge is -2.34. The summed E-state index contributed by atoms with van der Waals surface area (Å²) in [5.41, 5.74) is 5.06. The average Bonchev–Trinajstić information content (AvgIpc) is 3.54. The van der Waals surface area contributed by atoms with Gasteiger partial charge in [0.15, 0.2) is 0 Å². The first-order valence-corrected chi connectivity index (χ1v) is 14.9. The summed E-state index contributed by atoms with van der Waals surface area (Å²) in [6, 6.07) is 19.7. The van der Waals surface area contributed by atoms with E-state index in [9.17, 15) is 9.59 Å². The van der Waals surface area contributed by atoms with E-state index in [1.54, 1.807) is 16.8 Å². The number of ether oxygens (including phenoxy) is 2. The highest BCUT2D eigenvalue weighted by Crippen LogP contribution is 2.32. The molecule has 2 aromatic carbocycles. The number of benzene rings is 2. The molecule has 0 saturated carbocycles. The summed E-state index contributed by atoms with van der Waals surface area (Å²) in [6.07, 6.45) is 4.55. The van der Waals surface area contributed by atoms with Crippen molar-refractivity contribution < 1.29 is 14.3 Å². The van der Waals surface area contributed by atoms with Crippen LogP contribution < -0.4 is 10.3 Å². The van der Waals surface area contributed by atoms with Crippen molar-refractivity contribution in [2.45, 2.75) is 64.8 Å². The second-order valence-electron chi connectivity index (χ2n) is 12.5. The lowest BCUT2D eigenvalue weighted by atomic mass is 10.0. The molecule has 42 heavy (non-hydrogen) atoms. The van der Waals surface area contributed by atoms with Crippen LogP contribution in [0.4, 0.5) is 4.79 Å². The van der Waals surface area contributed by atoms with Crippen LogP contribution in [0.25, 0.3) is 16.6 Å². The van der Waals surface area contributed by atoms with Crippen molar-refractivity contribution in [3.8, 4) is 11.4 Å². The molecular formula is C34H40N4O4. The molecule has 4 heterocycles. The summed E-state index contributed by atoms with van der Waals surface area (Å²) in [4.78, 5) is 30.3. The van der Waals surface area contributed by atoms with Crippen molar-refractivity contribution in [3.63, 3.8) is 0 Å². The average molecular weight is 569 g/mol. The molecule has 1 amide bonds. The van der Waals surface area contributed by atoms with E-state index < -0.39 is 5.60 Å². The lowest BCUT2D eigenvalue weighted by Crippen LogP contribution is -2.46. The molecule has 0 aliphatic carbocycles. The van der Waals surface area contributed by atoms with Crippen LogP contribution in [-0.2, 0) is 31.4 Å². The summed E-state index contributed by atoms with van der Waals surface area (Å²) in [5, 5.41) is 1.22. The predicted molar refractivity (Wildman–Crippen MR) is 164 cm³/mol. The Labute approximate surface area is 247 Å². The summed E-state index contributed by atoms with van der Waals surface area (Å²) < 4.78 is 15.5. The molecule has 220 valence electrons. The minimum absolute atomic E-state index is 0.129. The molecule has 2 aliphatic rings. The van der Waals surface area contributed by atoms with Crippen LogP contribution in [0.15, 0.2) is 71.7 Å². The van der Waals surface area contributed by atoms with E-state index in [1.165, 1.54) is 16.6 Å². The van der Waals surface area contributed by atoms with Crippen molar-refractivity contribution in [1.82, 2.24) is 18.9 Å². The zero-order chi connectivity index (χ0) is 29.4. The molecule has 4 aromatic rings. The number of carbonyl (C=O) groups is 1. The number of fused-ring (bicyclic) bond motifs is 3. The van der Waals surface area contributed by atoms with Gasteiger partial charge in [-0.05, 0) is 62.9 Å². The smallest absolute Gasteiger partial charge is 0.410 e. The monoisotopic (exact) mass is 568 g/mol. The molecule has 0 unspecified atom stereocenters. The summed E-state index contributed by atoms with van der Waals surface area (Å²) in [7, 11) is 2.12. The highest BCUT2D eigenvalue weighted by molar-refractivity contribution is 5.87. The van der Waals surface area contributed by atoms with Gasteiger partial charge in [0.05, 0.1) is 11.2 Å². The van der Waals surface area contributed by atoms with Crippen molar-refractivity contribution in [3.05, 3.63) is 94.0 Å². The second-order valence-corrected chi connectivity index (χ2v) is 12.5. The molecule has 0 radical (unpaired) electrons. The van der Waals surface area contributed by atoms with E-state index in [4.69, 9.17) is 9.47 Å². The Bertz CT molecular complexity index is 1650. The Morgan fingerprint density at radius 3 is 2.60 bits per heavy atom. The highest BCUT2D eigenvalue weighted by atomic mass is 16.6. The van der Waals surface area contributed by atoms with E-state index in [0.717, 1.165) is 62.2 Å². The Kier molecular flexibility index (Phi) is 7.58. The third-order valence-electron chi connectivity index (χ3n) is 8.36. The molecule has 1 atom stereocenters. The van der Waals surface area contributed by atoms with E-state index in [0.29, 0.717) is 12.4 Å². The molecule has 0 spiro atoms. The SMILES string of the molecule is Cn1c2c(c3ccc(-n4ccc(OCc5ccccc5)cc4=O)cc31)CN(C[C@H]1CCCN1C(=O)OC(C)(C)C)CC2.